The maximum atomic E-state index is 13.7. The van der Waals surface area contributed by atoms with E-state index in [1.165, 1.54) is 17.9 Å². The quantitative estimate of drug-likeness (QED) is 0.409. The third kappa shape index (κ3) is 3.10. The Kier molecular flexibility index (Phi) is 5.82. The molecule has 3 fully saturated rings. The number of esters is 1. The molecule has 0 saturated heterocycles. The number of alkyl halides is 2. The Balaban J connectivity index is 1.44. The number of hydrogen-bond acceptors (Lipinski definition) is 6. The number of fused-ring (bicyclic) bond motifs is 6. The summed E-state index contributed by atoms with van der Waals surface area (Å²) in [5.41, 5.74) is 0.483. The number of aryl methyl sites for hydroxylation is 1. The molecule has 0 unspecified atom stereocenters. The molecule has 8 atom stereocenters. The van der Waals surface area contributed by atoms with E-state index < -0.39 is 33.4 Å². The van der Waals surface area contributed by atoms with Crippen molar-refractivity contribution in [2.24, 2.45) is 35.6 Å². The van der Waals surface area contributed by atoms with Crippen molar-refractivity contribution >= 4 is 41.0 Å². The number of aromatic nitrogens is 2. The topological polar surface area (TPSA) is 94.6 Å². The van der Waals surface area contributed by atoms with Crippen LogP contribution in [0.3, 0.4) is 0 Å². The van der Waals surface area contributed by atoms with Crippen LogP contribution in [0, 0.1) is 28.6 Å². The van der Waals surface area contributed by atoms with Gasteiger partial charge in [0.15, 0.2) is 11.4 Å². The van der Waals surface area contributed by atoms with Crippen LogP contribution in [-0.2, 0) is 23.0 Å². The number of allylic oxidation sites excluding steroid dienone is 1. The lowest BCUT2D eigenvalue weighted by Crippen LogP contribution is -2.70. The highest BCUT2D eigenvalue weighted by atomic mass is 35.5. The summed E-state index contributed by atoms with van der Waals surface area (Å²) < 4.78 is 13.3. The first-order valence-corrected chi connectivity index (χ1v) is 14.3. The van der Waals surface area contributed by atoms with Gasteiger partial charge in [0.25, 0.3) is 0 Å². The van der Waals surface area contributed by atoms with Crippen molar-refractivity contribution in [3.63, 3.8) is 0 Å². The minimum Gasteiger partial charge on any atom is -0.457 e. The SMILES string of the molecule is C[C@@H]1C[C@H]2[C@@H]3CCC4=Cc5nn(C)cc5C[C@]4(C)[C@@]3(Cl)[C@@H](O)C[C@]2(C)[C@@]1(OC(=O)c1ccco1)C(=O)CCl. The first kappa shape index (κ1) is 26.1. The van der Waals surface area contributed by atoms with Crippen molar-refractivity contribution in [2.45, 2.75) is 69.5 Å². The molecule has 38 heavy (non-hydrogen) atoms. The highest BCUT2D eigenvalue weighted by Gasteiger charge is 2.76. The lowest BCUT2D eigenvalue weighted by Gasteiger charge is -2.64. The Bertz CT molecular complexity index is 1340. The summed E-state index contributed by atoms with van der Waals surface area (Å²) in [4.78, 5) is 26.0. The highest BCUT2D eigenvalue weighted by Crippen LogP contribution is 2.72. The Morgan fingerprint density at radius 1 is 1.32 bits per heavy atom. The monoisotopic (exact) mass is 560 g/mol. The number of carbonyl (C=O) groups is 2. The van der Waals surface area contributed by atoms with E-state index in [9.17, 15) is 14.7 Å². The Morgan fingerprint density at radius 2 is 2.08 bits per heavy atom. The second-order valence-electron chi connectivity index (χ2n) is 12.3. The summed E-state index contributed by atoms with van der Waals surface area (Å²) in [6.07, 6.45) is 7.82. The third-order valence-electron chi connectivity index (χ3n) is 10.7. The molecule has 0 aliphatic heterocycles. The smallest absolute Gasteiger partial charge is 0.375 e. The number of carbonyl (C=O) groups excluding carboxylic acids is 2. The molecule has 7 nitrogen and oxygen atoms in total. The fourth-order valence-electron chi connectivity index (χ4n) is 9.06. The fraction of sp³-hybridized carbons (Fsp3) is 0.621. The second-order valence-corrected chi connectivity index (χ2v) is 13.2. The molecule has 1 N–H and O–H groups in total. The van der Waals surface area contributed by atoms with Gasteiger partial charge in [-0.3, -0.25) is 9.48 Å². The number of aliphatic hydroxyl groups is 1. The van der Waals surface area contributed by atoms with E-state index in [1.807, 2.05) is 31.8 Å². The van der Waals surface area contributed by atoms with Crippen LogP contribution in [0.5, 0.6) is 0 Å². The van der Waals surface area contributed by atoms with Gasteiger partial charge in [0.05, 0.1) is 28.8 Å². The fourth-order valence-corrected chi connectivity index (χ4v) is 9.79. The second kappa shape index (κ2) is 8.45. The average Bonchev–Trinajstić information content (AvgIpc) is 3.57. The number of aliphatic hydroxyl groups excluding tert-OH is 1. The summed E-state index contributed by atoms with van der Waals surface area (Å²) in [7, 11) is 1.92. The molecule has 4 aliphatic rings. The van der Waals surface area contributed by atoms with Crippen LogP contribution in [0.2, 0.25) is 0 Å². The third-order valence-corrected chi connectivity index (χ3v) is 11.9. The van der Waals surface area contributed by atoms with Gasteiger partial charge in [-0.25, -0.2) is 4.79 Å². The van der Waals surface area contributed by atoms with Gasteiger partial charge in [-0.2, -0.15) is 5.10 Å². The predicted molar refractivity (Wildman–Crippen MR) is 143 cm³/mol. The van der Waals surface area contributed by atoms with Gasteiger partial charge >= 0.3 is 5.97 Å². The van der Waals surface area contributed by atoms with E-state index in [2.05, 4.69) is 18.1 Å². The summed E-state index contributed by atoms with van der Waals surface area (Å²) in [6, 6.07) is 3.12. The minimum absolute atomic E-state index is 0.0310. The molecule has 0 aromatic carbocycles. The number of halogens is 2. The Labute approximate surface area is 232 Å². The summed E-state index contributed by atoms with van der Waals surface area (Å²) in [6.45, 7) is 6.10. The first-order chi connectivity index (χ1) is 17.9. The van der Waals surface area contributed by atoms with Crippen LogP contribution in [0.4, 0.5) is 0 Å². The zero-order valence-corrected chi connectivity index (χ0v) is 23.7. The molecule has 3 saturated carbocycles. The summed E-state index contributed by atoms with van der Waals surface area (Å²) in [5, 5.41) is 16.7. The number of hydrogen-bond donors (Lipinski definition) is 1. The van der Waals surface area contributed by atoms with Gasteiger partial charge in [-0.1, -0.05) is 26.3 Å². The van der Waals surface area contributed by atoms with Gasteiger partial charge in [0.2, 0.25) is 5.76 Å². The van der Waals surface area contributed by atoms with E-state index in [-0.39, 0.29) is 41.6 Å². The zero-order chi connectivity index (χ0) is 27.3. The number of ketones is 1. The molecule has 4 aliphatic carbocycles. The van der Waals surface area contributed by atoms with Crippen molar-refractivity contribution < 1.29 is 23.8 Å². The van der Waals surface area contributed by atoms with E-state index in [0.29, 0.717) is 12.8 Å². The normalized spacial score (nSPS) is 41.4. The van der Waals surface area contributed by atoms with Crippen LogP contribution in [0.1, 0.15) is 68.3 Å². The zero-order valence-electron chi connectivity index (χ0n) is 22.2. The standard InChI is InChI=1S/C29H34Cl2N2O5/c1-16-10-20-19-8-7-18-11-21-17(15-33(4)32-21)12-26(18,2)28(19,31)23(34)13-27(20,3)29(16,24(35)14-30)38-25(36)22-6-5-9-37-22/h5-6,9,11,15-16,19-20,23,34H,7-8,10,12-14H2,1-4H3/t16-,19+,20+,23+,26+,27+,28+,29+/m1/s1. The van der Waals surface area contributed by atoms with Crippen LogP contribution >= 0.6 is 23.2 Å². The minimum atomic E-state index is -1.50. The molecular weight excluding hydrogens is 527 g/mol. The van der Waals surface area contributed by atoms with Gasteiger partial charge in [0, 0.05) is 30.0 Å². The summed E-state index contributed by atoms with van der Waals surface area (Å²) in [5.74, 6) is -1.75. The van der Waals surface area contributed by atoms with Crippen molar-refractivity contribution in [3.8, 4) is 0 Å². The van der Waals surface area contributed by atoms with Crippen molar-refractivity contribution in [3.05, 3.63) is 47.2 Å². The van der Waals surface area contributed by atoms with Crippen LogP contribution in [-0.4, -0.2) is 49.1 Å². The van der Waals surface area contributed by atoms with Crippen molar-refractivity contribution in [1.82, 2.24) is 9.78 Å². The average molecular weight is 562 g/mol. The number of ether oxygens (including phenoxy) is 1. The largest absolute Gasteiger partial charge is 0.457 e. The van der Waals surface area contributed by atoms with E-state index in [4.69, 9.17) is 32.4 Å². The lowest BCUT2D eigenvalue weighted by atomic mass is 9.44. The van der Waals surface area contributed by atoms with Gasteiger partial charge in [-0.15, -0.1) is 23.2 Å². The number of rotatable bonds is 4. The maximum Gasteiger partial charge on any atom is 0.375 e. The van der Waals surface area contributed by atoms with Crippen molar-refractivity contribution in [1.29, 1.82) is 0 Å². The molecule has 0 spiro atoms. The van der Waals surface area contributed by atoms with Crippen LogP contribution < -0.4 is 0 Å². The van der Waals surface area contributed by atoms with Crippen LogP contribution in [0.15, 0.2) is 34.6 Å². The van der Waals surface area contributed by atoms with Crippen molar-refractivity contribution in [2.75, 3.05) is 5.88 Å². The van der Waals surface area contributed by atoms with Crippen LogP contribution in [0.25, 0.3) is 6.08 Å². The Hall–Kier alpha value is -2.09. The molecule has 0 radical (unpaired) electrons. The lowest BCUT2D eigenvalue weighted by molar-refractivity contribution is -0.179. The van der Waals surface area contributed by atoms with Gasteiger partial charge in [0.1, 0.15) is 0 Å². The number of Topliss-reactive ketones (excluding diaryl/α,β-unsaturated/α-hetero) is 1. The number of nitrogens with zero attached hydrogens (tertiary/aromatic N) is 2. The molecule has 0 amide bonds. The molecule has 2 heterocycles. The molecule has 2 aromatic rings. The molecular formula is C29H34Cl2N2O5. The van der Waals surface area contributed by atoms with E-state index in [0.717, 1.165) is 24.1 Å². The highest BCUT2D eigenvalue weighted by molar-refractivity contribution is 6.29. The first-order valence-electron chi connectivity index (χ1n) is 13.4. The molecule has 6 rings (SSSR count). The maximum absolute atomic E-state index is 13.7. The Morgan fingerprint density at radius 3 is 2.76 bits per heavy atom. The predicted octanol–water partition coefficient (Wildman–Crippen LogP) is 5.18. The molecule has 9 heteroatoms. The summed E-state index contributed by atoms with van der Waals surface area (Å²) >= 11 is 13.9. The van der Waals surface area contributed by atoms with Gasteiger partial charge in [-0.05, 0) is 67.7 Å². The molecule has 204 valence electrons. The molecule has 0 bridgehead atoms. The van der Waals surface area contributed by atoms with E-state index >= 15 is 0 Å². The van der Waals surface area contributed by atoms with Gasteiger partial charge < -0.3 is 14.3 Å². The number of furan rings is 1. The molecule has 2 aromatic heterocycles. The van der Waals surface area contributed by atoms with E-state index in [1.54, 1.807) is 6.07 Å².